The Kier molecular flexibility index (Phi) is 6.20. The molecule has 2 atom stereocenters. The second-order valence-electron chi connectivity index (χ2n) is 8.20. The summed E-state index contributed by atoms with van der Waals surface area (Å²) >= 11 is 0. The molecule has 7 heteroatoms. The first-order chi connectivity index (χ1) is 14.2. The number of hydrogen-bond donors (Lipinski definition) is 2. The molecule has 3 rings (SSSR count). The molecule has 7 nitrogen and oxygen atoms in total. The second-order valence-corrected chi connectivity index (χ2v) is 8.20. The summed E-state index contributed by atoms with van der Waals surface area (Å²) in [6, 6.07) is 15.9. The van der Waals surface area contributed by atoms with Crippen molar-refractivity contribution in [3.05, 3.63) is 59.7 Å². The molecule has 1 aliphatic rings. The van der Waals surface area contributed by atoms with Gasteiger partial charge in [-0.2, -0.15) is 5.26 Å². The molecule has 0 unspecified atom stereocenters. The van der Waals surface area contributed by atoms with Crippen LogP contribution in [0.3, 0.4) is 0 Å². The minimum Gasteiger partial charge on any atom is -0.380 e. The van der Waals surface area contributed by atoms with Gasteiger partial charge in [-0.3, -0.25) is 9.59 Å². The maximum absolute atomic E-state index is 12.9. The number of hydrogen-bond acceptors (Lipinski definition) is 5. The highest BCUT2D eigenvalue weighted by molar-refractivity contribution is 6.03. The summed E-state index contributed by atoms with van der Waals surface area (Å²) in [7, 11) is 0. The van der Waals surface area contributed by atoms with Crippen molar-refractivity contribution in [1.29, 1.82) is 5.26 Å². The van der Waals surface area contributed by atoms with Crippen LogP contribution in [0.5, 0.6) is 0 Å². The molecular formula is C23H25N3O4. The van der Waals surface area contributed by atoms with Gasteiger partial charge in [0.15, 0.2) is 12.2 Å². The van der Waals surface area contributed by atoms with Crippen LogP contribution in [0.4, 0.5) is 11.4 Å². The molecule has 0 saturated carbocycles. The maximum Gasteiger partial charge on any atom is 0.259 e. The zero-order chi connectivity index (χ0) is 21.9. The number of aliphatic hydroxyl groups excluding tert-OH is 1. The SMILES string of the molecule is CC(C)(C)c1ccc(N2CCO[C@H]([C@@H](O)C(=O)Nc3ccc(C#N)cc3)C2=O)cc1. The molecule has 1 fully saturated rings. The van der Waals surface area contributed by atoms with E-state index in [1.54, 1.807) is 24.3 Å². The van der Waals surface area contributed by atoms with Crippen molar-refractivity contribution in [2.75, 3.05) is 23.4 Å². The minimum absolute atomic E-state index is 0.00416. The molecule has 1 heterocycles. The van der Waals surface area contributed by atoms with Gasteiger partial charge < -0.3 is 20.1 Å². The number of ether oxygens (including phenoxy) is 1. The summed E-state index contributed by atoms with van der Waals surface area (Å²) in [6.45, 7) is 6.88. The average molecular weight is 407 g/mol. The van der Waals surface area contributed by atoms with Gasteiger partial charge >= 0.3 is 0 Å². The number of amides is 2. The summed E-state index contributed by atoms with van der Waals surface area (Å²) in [4.78, 5) is 26.9. The number of nitrogens with one attached hydrogen (secondary N) is 1. The van der Waals surface area contributed by atoms with Gasteiger partial charge in [0.25, 0.3) is 11.8 Å². The molecule has 2 aromatic carbocycles. The van der Waals surface area contributed by atoms with E-state index in [0.717, 1.165) is 5.56 Å². The van der Waals surface area contributed by atoms with Crippen LogP contribution in [0.2, 0.25) is 0 Å². The van der Waals surface area contributed by atoms with E-state index in [4.69, 9.17) is 10.00 Å². The van der Waals surface area contributed by atoms with Crippen LogP contribution in [0, 0.1) is 11.3 Å². The lowest BCUT2D eigenvalue weighted by molar-refractivity contribution is -0.150. The molecule has 30 heavy (non-hydrogen) atoms. The second kappa shape index (κ2) is 8.66. The van der Waals surface area contributed by atoms with Crippen LogP contribution in [0.1, 0.15) is 31.9 Å². The Bertz CT molecular complexity index is 956. The van der Waals surface area contributed by atoms with Gasteiger partial charge in [0.05, 0.1) is 18.2 Å². The Hall–Kier alpha value is -3.21. The van der Waals surface area contributed by atoms with Crippen molar-refractivity contribution < 1.29 is 19.4 Å². The third-order valence-corrected chi connectivity index (χ3v) is 5.00. The summed E-state index contributed by atoms with van der Waals surface area (Å²) in [5.74, 6) is -1.21. The molecule has 1 saturated heterocycles. The van der Waals surface area contributed by atoms with E-state index in [1.165, 1.54) is 4.90 Å². The average Bonchev–Trinajstić information content (AvgIpc) is 2.73. The highest BCUT2D eigenvalue weighted by atomic mass is 16.5. The number of carbonyl (C=O) groups is 2. The molecule has 2 N–H and O–H groups in total. The van der Waals surface area contributed by atoms with E-state index < -0.39 is 24.0 Å². The number of benzene rings is 2. The minimum atomic E-state index is -1.66. The quantitative estimate of drug-likeness (QED) is 0.811. The molecule has 0 aromatic heterocycles. The predicted octanol–water partition coefficient (Wildman–Crippen LogP) is 2.59. The number of morpholine rings is 1. The first kappa shape index (κ1) is 21.5. The van der Waals surface area contributed by atoms with Crippen LogP contribution in [-0.4, -0.2) is 42.3 Å². The zero-order valence-corrected chi connectivity index (χ0v) is 17.3. The van der Waals surface area contributed by atoms with Crippen molar-refractivity contribution in [3.8, 4) is 6.07 Å². The maximum atomic E-state index is 12.9. The van der Waals surface area contributed by atoms with Crippen LogP contribution in [0.25, 0.3) is 0 Å². The molecular weight excluding hydrogens is 382 g/mol. The van der Waals surface area contributed by atoms with Gasteiger partial charge in [-0.15, -0.1) is 0 Å². The van der Waals surface area contributed by atoms with E-state index in [1.807, 2.05) is 30.3 Å². The van der Waals surface area contributed by atoms with E-state index in [2.05, 4.69) is 26.1 Å². The van der Waals surface area contributed by atoms with Crippen molar-refractivity contribution in [3.63, 3.8) is 0 Å². The van der Waals surface area contributed by atoms with Crippen molar-refractivity contribution in [2.24, 2.45) is 0 Å². The van der Waals surface area contributed by atoms with Gasteiger partial charge in [0, 0.05) is 17.9 Å². The summed E-state index contributed by atoms with van der Waals surface area (Å²) in [5.41, 5.74) is 2.70. The molecule has 0 radical (unpaired) electrons. The molecule has 2 amide bonds. The third-order valence-electron chi connectivity index (χ3n) is 5.00. The van der Waals surface area contributed by atoms with E-state index in [-0.39, 0.29) is 12.0 Å². The van der Waals surface area contributed by atoms with Gasteiger partial charge in [0.1, 0.15) is 0 Å². The van der Waals surface area contributed by atoms with Crippen molar-refractivity contribution >= 4 is 23.2 Å². The Balaban J connectivity index is 1.70. The highest BCUT2D eigenvalue weighted by Gasteiger charge is 2.39. The lowest BCUT2D eigenvalue weighted by Crippen LogP contribution is -2.55. The fraction of sp³-hybridized carbons (Fsp3) is 0.348. The normalized spacial score (nSPS) is 17.9. The third kappa shape index (κ3) is 4.67. The monoisotopic (exact) mass is 407 g/mol. The number of aliphatic hydroxyl groups is 1. The first-order valence-corrected chi connectivity index (χ1v) is 9.73. The number of anilines is 2. The van der Waals surface area contributed by atoms with Crippen LogP contribution >= 0.6 is 0 Å². The predicted molar refractivity (Wildman–Crippen MR) is 113 cm³/mol. The number of nitrogens with zero attached hydrogens (tertiary/aromatic N) is 2. The fourth-order valence-electron chi connectivity index (χ4n) is 3.21. The number of carbonyl (C=O) groups excluding carboxylic acids is 2. The molecule has 0 aliphatic carbocycles. The lowest BCUT2D eigenvalue weighted by atomic mass is 9.87. The molecule has 1 aliphatic heterocycles. The van der Waals surface area contributed by atoms with Crippen molar-refractivity contribution in [1.82, 2.24) is 0 Å². The largest absolute Gasteiger partial charge is 0.380 e. The smallest absolute Gasteiger partial charge is 0.259 e. The van der Waals surface area contributed by atoms with Crippen LogP contribution < -0.4 is 10.2 Å². The Morgan fingerprint density at radius 3 is 2.40 bits per heavy atom. The standard InChI is InChI=1S/C23H25N3O4/c1-23(2,3)16-6-10-18(11-7-16)26-12-13-30-20(22(26)29)19(27)21(28)25-17-8-4-15(14-24)5-9-17/h4-11,19-20,27H,12-13H2,1-3H3,(H,25,28)/t19-,20-/m1/s1. The fourth-order valence-corrected chi connectivity index (χ4v) is 3.21. The lowest BCUT2D eigenvalue weighted by Gasteiger charge is -2.34. The zero-order valence-electron chi connectivity index (χ0n) is 17.3. The summed E-state index contributed by atoms with van der Waals surface area (Å²) in [6.07, 6.45) is -2.95. The topological polar surface area (TPSA) is 103 Å². The number of nitriles is 1. The Morgan fingerprint density at radius 2 is 1.83 bits per heavy atom. The van der Waals surface area contributed by atoms with E-state index in [0.29, 0.717) is 23.5 Å². The van der Waals surface area contributed by atoms with Crippen LogP contribution in [-0.2, 0) is 19.7 Å². The van der Waals surface area contributed by atoms with E-state index in [9.17, 15) is 14.7 Å². The van der Waals surface area contributed by atoms with Crippen molar-refractivity contribution in [2.45, 2.75) is 38.4 Å². The molecule has 0 spiro atoms. The Labute approximate surface area is 175 Å². The van der Waals surface area contributed by atoms with Gasteiger partial charge in [-0.25, -0.2) is 0 Å². The highest BCUT2D eigenvalue weighted by Crippen LogP contribution is 2.26. The first-order valence-electron chi connectivity index (χ1n) is 9.73. The summed E-state index contributed by atoms with van der Waals surface area (Å²) < 4.78 is 5.43. The number of rotatable bonds is 4. The van der Waals surface area contributed by atoms with Gasteiger partial charge in [0.2, 0.25) is 0 Å². The van der Waals surface area contributed by atoms with Gasteiger partial charge in [-0.1, -0.05) is 32.9 Å². The molecule has 156 valence electrons. The van der Waals surface area contributed by atoms with E-state index >= 15 is 0 Å². The van der Waals surface area contributed by atoms with Crippen LogP contribution in [0.15, 0.2) is 48.5 Å². The molecule has 0 bridgehead atoms. The van der Waals surface area contributed by atoms with Gasteiger partial charge in [-0.05, 0) is 47.4 Å². The summed E-state index contributed by atoms with van der Waals surface area (Å²) in [5, 5.41) is 21.8. The Morgan fingerprint density at radius 1 is 1.20 bits per heavy atom. The molecule has 2 aromatic rings.